The fraction of sp³-hybridized carbons (Fsp3) is 0.304. The van der Waals surface area contributed by atoms with Gasteiger partial charge in [-0.2, -0.15) is 0 Å². The van der Waals surface area contributed by atoms with Gasteiger partial charge < -0.3 is 15.6 Å². The van der Waals surface area contributed by atoms with E-state index in [0.717, 1.165) is 50.3 Å². The molecule has 28 heavy (non-hydrogen) atoms. The number of aryl methyl sites for hydroxylation is 1. The van der Waals surface area contributed by atoms with Crippen molar-refractivity contribution in [3.63, 3.8) is 0 Å². The van der Waals surface area contributed by atoms with Gasteiger partial charge in [0.05, 0.1) is 5.69 Å². The Hall–Kier alpha value is -2.76. The van der Waals surface area contributed by atoms with Crippen molar-refractivity contribution in [1.82, 2.24) is 20.6 Å². The van der Waals surface area contributed by atoms with E-state index >= 15 is 0 Å². The average Bonchev–Trinajstić information content (AvgIpc) is 2.74. The van der Waals surface area contributed by atoms with Gasteiger partial charge >= 0.3 is 0 Å². The number of benzene rings is 1. The lowest BCUT2D eigenvalue weighted by Crippen LogP contribution is -2.28. The Morgan fingerprint density at radius 3 is 2.57 bits per heavy atom. The van der Waals surface area contributed by atoms with E-state index in [1.807, 2.05) is 30.5 Å². The van der Waals surface area contributed by atoms with Crippen LogP contribution >= 0.6 is 0 Å². The molecule has 144 valence electrons. The third-order valence-electron chi connectivity index (χ3n) is 5.26. The lowest BCUT2D eigenvalue weighted by atomic mass is 9.92. The number of nitrogens with zero attached hydrogens (tertiary/aromatic N) is 1. The van der Waals surface area contributed by atoms with Crippen molar-refractivity contribution in [3.05, 3.63) is 99.2 Å². The monoisotopic (exact) mass is 374 g/mol. The van der Waals surface area contributed by atoms with Crippen LogP contribution < -0.4 is 16.2 Å². The molecule has 3 aromatic rings. The molecule has 1 aliphatic carbocycles. The summed E-state index contributed by atoms with van der Waals surface area (Å²) < 4.78 is 0. The summed E-state index contributed by atoms with van der Waals surface area (Å²) >= 11 is 0. The molecule has 1 unspecified atom stereocenters. The van der Waals surface area contributed by atoms with Gasteiger partial charge in [0, 0.05) is 43.6 Å². The Morgan fingerprint density at radius 1 is 0.964 bits per heavy atom. The Bertz CT molecular complexity index is 950. The highest BCUT2D eigenvalue weighted by atomic mass is 16.1. The summed E-state index contributed by atoms with van der Waals surface area (Å²) in [6.45, 7) is 2.38. The average molecular weight is 374 g/mol. The Balaban J connectivity index is 1.29. The minimum absolute atomic E-state index is 0.0185. The van der Waals surface area contributed by atoms with Crippen LogP contribution in [0.15, 0.2) is 65.6 Å². The normalized spacial score (nSPS) is 15.9. The molecule has 0 spiro atoms. The largest absolute Gasteiger partial charge is 0.324 e. The highest BCUT2D eigenvalue weighted by molar-refractivity contribution is 5.26. The van der Waals surface area contributed by atoms with E-state index in [1.54, 1.807) is 6.07 Å². The molecule has 3 N–H and O–H groups in total. The van der Waals surface area contributed by atoms with Gasteiger partial charge in [-0.1, -0.05) is 36.4 Å². The zero-order valence-electron chi connectivity index (χ0n) is 15.9. The van der Waals surface area contributed by atoms with Crippen LogP contribution in [0, 0.1) is 0 Å². The summed E-state index contributed by atoms with van der Waals surface area (Å²) in [7, 11) is 0. The van der Waals surface area contributed by atoms with Crippen molar-refractivity contribution in [2.75, 3.05) is 0 Å². The van der Waals surface area contributed by atoms with Crippen LogP contribution in [0.4, 0.5) is 0 Å². The van der Waals surface area contributed by atoms with Crippen LogP contribution in [0.1, 0.15) is 47.0 Å². The van der Waals surface area contributed by atoms with Gasteiger partial charge in [0.25, 0.3) is 0 Å². The minimum Gasteiger partial charge on any atom is -0.324 e. The first-order valence-electron chi connectivity index (χ1n) is 9.92. The second-order valence-corrected chi connectivity index (χ2v) is 7.33. The standard InChI is InChI=1S/C23H26N4O/c28-22-12-11-19-4-3-6-21(23(19)27-22)26-15-18-9-7-17(8-10-18)14-24-16-20-5-1-2-13-25-20/h1-2,5,7-13,21,24,26H,3-4,6,14-16H2,(H,27,28). The van der Waals surface area contributed by atoms with E-state index in [4.69, 9.17) is 0 Å². The van der Waals surface area contributed by atoms with Crippen molar-refractivity contribution in [2.45, 2.75) is 44.9 Å². The maximum Gasteiger partial charge on any atom is 0.248 e. The Morgan fingerprint density at radius 2 is 1.79 bits per heavy atom. The third kappa shape index (κ3) is 4.74. The van der Waals surface area contributed by atoms with E-state index < -0.39 is 0 Å². The Kier molecular flexibility index (Phi) is 5.95. The number of nitrogens with one attached hydrogen (secondary N) is 3. The molecule has 4 rings (SSSR count). The van der Waals surface area contributed by atoms with E-state index in [1.165, 1.54) is 16.7 Å². The van der Waals surface area contributed by atoms with E-state index in [9.17, 15) is 4.79 Å². The number of hydrogen-bond acceptors (Lipinski definition) is 4. The summed E-state index contributed by atoms with van der Waals surface area (Å²) in [6.07, 6.45) is 5.07. The van der Waals surface area contributed by atoms with Gasteiger partial charge in [-0.15, -0.1) is 0 Å². The van der Waals surface area contributed by atoms with Gasteiger partial charge in [-0.3, -0.25) is 9.78 Å². The predicted octanol–water partition coefficient (Wildman–Crippen LogP) is 3.23. The maximum absolute atomic E-state index is 11.7. The van der Waals surface area contributed by atoms with Crippen LogP contribution in [-0.4, -0.2) is 9.97 Å². The van der Waals surface area contributed by atoms with Crippen molar-refractivity contribution >= 4 is 0 Å². The number of hydrogen-bond donors (Lipinski definition) is 3. The molecule has 0 amide bonds. The number of aromatic amines is 1. The molecule has 2 aromatic heterocycles. The fourth-order valence-electron chi connectivity index (χ4n) is 3.75. The summed E-state index contributed by atoms with van der Waals surface area (Å²) in [5.41, 5.74) is 5.86. The zero-order valence-corrected chi connectivity index (χ0v) is 15.9. The van der Waals surface area contributed by atoms with E-state index in [0.29, 0.717) is 0 Å². The molecular formula is C23H26N4O. The van der Waals surface area contributed by atoms with Crippen molar-refractivity contribution < 1.29 is 0 Å². The number of pyridine rings is 2. The molecule has 0 fully saturated rings. The third-order valence-corrected chi connectivity index (χ3v) is 5.26. The molecule has 1 aliphatic rings. The lowest BCUT2D eigenvalue weighted by molar-refractivity contribution is 0.446. The summed E-state index contributed by atoms with van der Waals surface area (Å²) in [5, 5.41) is 7.04. The highest BCUT2D eigenvalue weighted by Crippen LogP contribution is 2.27. The first kappa shape index (κ1) is 18.6. The van der Waals surface area contributed by atoms with Gasteiger partial charge in [-0.25, -0.2) is 0 Å². The second-order valence-electron chi connectivity index (χ2n) is 7.33. The molecule has 1 aromatic carbocycles. The van der Waals surface area contributed by atoms with Crippen LogP contribution in [0.5, 0.6) is 0 Å². The van der Waals surface area contributed by atoms with Gasteiger partial charge in [0.2, 0.25) is 5.56 Å². The number of fused-ring (bicyclic) bond motifs is 1. The lowest BCUT2D eigenvalue weighted by Gasteiger charge is -2.26. The molecular weight excluding hydrogens is 348 g/mol. The maximum atomic E-state index is 11.7. The minimum atomic E-state index is -0.0185. The molecule has 0 saturated heterocycles. The fourth-order valence-corrected chi connectivity index (χ4v) is 3.75. The summed E-state index contributed by atoms with van der Waals surface area (Å²) in [4.78, 5) is 19.0. The van der Waals surface area contributed by atoms with Crippen LogP contribution in [-0.2, 0) is 26.1 Å². The van der Waals surface area contributed by atoms with Crippen LogP contribution in [0.25, 0.3) is 0 Å². The first-order valence-corrected chi connectivity index (χ1v) is 9.92. The predicted molar refractivity (Wildman–Crippen MR) is 111 cm³/mol. The van der Waals surface area contributed by atoms with Crippen molar-refractivity contribution in [2.24, 2.45) is 0 Å². The first-order chi connectivity index (χ1) is 13.8. The SMILES string of the molecule is O=c1ccc2c([nH]1)C(NCc1ccc(CNCc3ccccn3)cc1)CCC2. The number of H-pyrrole nitrogens is 1. The molecule has 0 bridgehead atoms. The molecule has 0 saturated carbocycles. The highest BCUT2D eigenvalue weighted by Gasteiger charge is 2.20. The molecule has 5 nitrogen and oxygen atoms in total. The van der Waals surface area contributed by atoms with Crippen LogP contribution in [0.3, 0.4) is 0 Å². The van der Waals surface area contributed by atoms with E-state index in [-0.39, 0.29) is 11.6 Å². The van der Waals surface area contributed by atoms with Gasteiger partial charge in [0.15, 0.2) is 0 Å². The summed E-state index contributed by atoms with van der Waals surface area (Å²) in [6, 6.07) is 18.4. The van der Waals surface area contributed by atoms with Gasteiger partial charge in [-0.05, 0) is 48.1 Å². The van der Waals surface area contributed by atoms with Crippen molar-refractivity contribution in [3.8, 4) is 0 Å². The molecule has 5 heteroatoms. The molecule has 0 aliphatic heterocycles. The number of aromatic nitrogens is 2. The summed E-state index contributed by atoms with van der Waals surface area (Å²) in [5.74, 6) is 0. The molecule has 0 radical (unpaired) electrons. The smallest absolute Gasteiger partial charge is 0.248 e. The number of rotatable bonds is 7. The quantitative estimate of drug-likeness (QED) is 0.594. The van der Waals surface area contributed by atoms with Crippen LogP contribution in [0.2, 0.25) is 0 Å². The van der Waals surface area contributed by atoms with Gasteiger partial charge in [0.1, 0.15) is 0 Å². The van der Waals surface area contributed by atoms with Crippen molar-refractivity contribution in [1.29, 1.82) is 0 Å². The topological polar surface area (TPSA) is 69.8 Å². The van der Waals surface area contributed by atoms with E-state index in [2.05, 4.69) is 44.9 Å². The molecule has 2 heterocycles. The zero-order chi connectivity index (χ0) is 19.2. The molecule has 1 atom stereocenters. The second kappa shape index (κ2) is 8.95. The Labute approximate surface area is 165 Å².